The fourth-order valence-corrected chi connectivity index (χ4v) is 14.4. The first-order chi connectivity index (χ1) is 50.5. The number of aromatic nitrogens is 6. The number of benzene rings is 16. The number of nitrogens with zero attached hydrogens (tertiary/aromatic N) is 6. The predicted octanol–water partition coefficient (Wildman–Crippen LogP) is 24.8. The first-order valence-corrected chi connectivity index (χ1v) is 34.2. The quantitative estimate of drug-likeness (QED) is 0.133. The van der Waals surface area contributed by atoms with Gasteiger partial charge >= 0.3 is 0 Å². The van der Waals surface area contributed by atoms with Crippen LogP contribution in [0.4, 0.5) is 0 Å². The molecule has 0 N–H and O–H groups in total. The van der Waals surface area contributed by atoms with Gasteiger partial charge in [0.2, 0.25) is 0 Å². The largest absolute Gasteiger partial charge is 0.456 e. The highest BCUT2D eigenvalue weighted by Gasteiger charge is 2.21. The van der Waals surface area contributed by atoms with Gasteiger partial charge in [-0.3, -0.25) is 0 Å². The first kappa shape index (κ1) is 59.4. The lowest BCUT2D eigenvalue weighted by Gasteiger charge is -2.13. The van der Waals surface area contributed by atoms with Crippen molar-refractivity contribution in [1.82, 2.24) is 29.9 Å². The van der Waals surface area contributed by atoms with Gasteiger partial charge in [0.05, 0.1) is 0 Å². The molecule has 0 unspecified atom stereocenters. The molecule has 20 aromatic rings. The van der Waals surface area contributed by atoms with Crippen molar-refractivity contribution < 1.29 is 8.83 Å². The van der Waals surface area contributed by atoms with Crippen LogP contribution in [0.2, 0.25) is 0 Å². The maximum atomic E-state index is 6.39. The van der Waals surface area contributed by atoms with Gasteiger partial charge in [-0.05, 0) is 130 Å². The molecular formula is C94H58N6O2. The molecule has 0 aliphatic carbocycles. The van der Waals surface area contributed by atoms with Crippen LogP contribution in [0.15, 0.2) is 361 Å². The summed E-state index contributed by atoms with van der Waals surface area (Å²) in [5.74, 6) is 3.80. The maximum Gasteiger partial charge on any atom is 0.164 e. The van der Waals surface area contributed by atoms with Crippen molar-refractivity contribution >= 4 is 87.0 Å². The highest BCUT2D eigenvalue weighted by molar-refractivity contribution is 6.17. The topological polar surface area (TPSA) is 104 Å². The van der Waals surface area contributed by atoms with Gasteiger partial charge in [-0.2, -0.15) is 0 Å². The Bertz CT molecular complexity index is 6600. The smallest absolute Gasteiger partial charge is 0.164 e. The highest BCUT2D eigenvalue weighted by atomic mass is 16.3. The maximum absolute atomic E-state index is 6.39. The number of fused-ring (bicyclic) bond motifs is 10. The lowest BCUT2D eigenvalue weighted by molar-refractivity contribution is 0.669. The van der Waals surface area contributed by atoms with Crippen molar-refractivity contribution in [2.75, 3.05) is 0 Å². The molecule has 102 heavy (non-hydrogen) atoms. The van der Waals surface area contributed by atoms with Crippen LogP contribution >= 0.6 is 0 Å². The van der Waals surface area contributed by atoms with E-state index in [-0.39, 0.29) is 0 Å². The van der Waals surface area contributed by atoms with Gasteiger partial charge in [-0.15, -0.1) is 0 Å². The molecule has 8 nitrogen and oxygen atoms in total. The molecule has 16 aromatic carbocycles. The van der Waals surface area contributed by atoms with Gasteiger partial charge in [0.15, 0.2) is 34.9 Å². The number of hydrogen-bond acceptors (Lipinski definition) is 8. The molecule has 0 aliphatic heterocycles. The summed E-state index contributed by atoms with van der Waals surface area (Å²) in [6, 6.07) is 122. The van der Waals surface area contributed by atoms with Crippen LogP contribution in [0, 0.1) is 0 Å². The van der Waals surface area contributed by atoms with E-state index in [1.54, 1.807) is 0 Å². The number of hydrogen-bond donors (Lipinski definition) is 0. The minimum atomic E-state index is 0.613. The fourth-order valence-electron chi connectivity index (χ4n) is 14.4. The Morgan fingerprint density at radius 2 is 0.480 bits per heavy atom. The molecular weight excluding hydrogens is 1250 g/mol. The van der Waals surface area contributed by atoms with Crippen LogP contribution in [0.5, 0.6) is 0 Å². The van der Waals surface area contributed by atoms with Crippen molar-refractivity contribution in [3.8, 4) is 113 Å². The highest BCUT2D eigenvalue weighted by Crippen LogP contribution is 2.43. The van der Waals surface area contributed by atoms with Crippen LogP contribution in [-0.4, -0.2) is 29.9 Å². The second-order valence-electron chi connectivity index (χ2n) is 25.7. The van der Waals surface area contributed by atoms with E-state index >= 15 is 0 Å². The fraction of sp³-hybridized carbons (Fsp3) is 0. The molecule has 4 aromatic heterocycles. The molecule has 0 fully saturated rings. The Morgan fingerprint density at radius 3 is 1.02 bits per heavy atom. The van der Waals surface area contributed by atoms with E-state index in [0.717, 1.165) is 127 Å². The third-order valence-electron chi connectivity index (χ3n) is 19.4. The zero-order chi connectivity index (χ0) is 67.5. The van der Waals surface area contributed by atoms with Crippen LogP contribution in [0.1, 0.15) is 0 Å². The van der Waals surface area contributed by atoms with Gasteiger partial charge in [-0.1, -0.05) is 309 Å². The van der Waals surface area contributed by atoms with Crippen molar-refractivity contribution in [2.45, 2.75) is 0 Å². The lowest BCUT2D eigenvalue weighted by atomic mass is 9.96. The molecule has 20 rings (SSSR count). The van der Waals surface area contributed by atoms with Crippen molar-refractivity contribution in [3.63, 3.8) is 0 Å². The standard InChI is InChI=1S/C53H33N3O.C41H25N3O/c1-2-11-34(12-3-1)36-21-24-37(25-22-36)44-17-8-9-18-46(44)53-55-51(54-52(56-53)43-30-23-35-13-4-5-14-40(35)31-43)39-28-26-38(27-29-39)45-19-10-20-48-50(45)47-32-41-15-6-7-16-42(41)33-49(47)57-48;1-2-11-28(12-3-1)39-42-40(44-41(43-39)34-18-8-15-26-10-6-7-16-32(26)34)29-22-20-27(21-23-29)33-17-9-19-36-38(33)35-24-30-13-4-5-14-31(30)25-37(35)45-36/h1-33H;1-25H. The summed E-state index contributed by atoms with van der Waals surface area (Å²) in [6.07, 6.45) is 0. The minimum Gasteiger partial charge on any atom is -0.456 e. The molecule has 0 amide bonds. The van der Waals surface area contributed by atoms with Gasteiger partial charge < -0.3 is 8.83 Å². The van der Waals surface area contributed by atoms with E-state index in [1.165, 1.54) is 38.1 Å². The van der Waals surface area contributed by atoms with Crippen LogP contribution < -0.4 is 0 Å². The number of furan rings is 2. The molecule has 0 saturated carbocycles. The monoisotopic (exact) mass is 1300 g/mol. The molecule has 0 spiro atoms. The molecule has 0 saturated heterocycles. The third kappa shape index (κ3) is 11.0. The van der Waals surface area contributed by atoms with Gasteiger partial charge in [-0.25, -0.2) is 29.9 Å². The zero-order valence-electron chi connectivity index (χ0n) is 55.0. The van der Waals surface area contributed by atoms with E-state index in [9.17, 15) is 0 Å². The third-order valence-corrected chi connectivity index (χ3v) is 19.4. The van der Waals surface area contributed by atoms with Gasteiger partial charge in [0.1, 0.15) is 22.3 Å². The molecule has 4 heterocycles. The minimum absolute atomic E-state index is 0.613. The average Bonchev–Trinajstić information content (AvgIpc) is 1.50. The van der Waals surface area contributed by atoms with E-state index in [1.807, 2.05) is 54.6 Å². The predicted molar refractivity (Wildman–Crippen MR) is 419 cm³/mol. The second kappa shape index (κ2) is 25.2. The Kier molecular flexibility index (Phi) is 14.7. The summed E-state index contributed by atoms with van der Waals surface area (Å²) in [4.78, 5) is 30.4. The van der Waals surface area contributed by atoms with E-state index in [2.05, 4.69) is 297 Å². The van der Waals surface area contributed by atoms with Crippen LogP contribution in [-0.2, 0) is 0 Å². The van der Waals surface area contributed by atoms with Gasteiger partial charge in [0, 0.05) is 54.9 Å². The summed E-state index contributed by atoms with van der Waals surface area (Å²) in [7, 11) is 0. The summed E-state index contributed by atoms with van der Waals surface area (Å²) in [6.45, 7) is 0. The number of rotatable bonds is 10. The van der Waals surface area contributed by atoms with Crippen molar-refractivity contribution in [1.29, 1.82) is 0 Å². The normalized spacial score (nSPS) is 11.5. The SMILES string of the molecule is c1ccc(-c2ccc(-c3ccccc3-c3nc(-c4ccc(-c5cccc6oc7cc8ccccc8cc7c56)cc4)nc(-c4ccc5ccccc5c4)n3)cc2)cc1.c1ccc(-c2nc(-c3ccc(-c4cccc5oc6cc7ccccc7cc6c45)cc3)nc(-c3cccc4ccccc34)n2)cc1. The molecule has 0 atom stereocenters. The first-order valence-electron chi connectivity index (χ1n) is 34.2. The van der Waals surface area contributed by atoms with Crippen LogP contribution in [0.25, 0.3) is 200 Å². The Labute approximate surface area is 586 Å². The summed E-state index contributed by atoms with van der Waals surface area (Å²) in [5.41, 5.74) is 18.1. The summed E-state index contributed by atoms with van der Waals surface area (Å²) in [5, 5.41) is 13.8. The molecule has 0 aliphatic rings. The Hall–Kier alpha value is -13.8. The second-order valence-corrected chi connectivity index (χ2v) is 25.7. The average molecular weight is 1300 g/mol. The molecule has 0 bridgehead atoms. The lowest BCUT2D eigenvalue weighted by Crippen LogP contribution is -2.01. The zero-order valence-corrected chi connectivity index (χ0v) is 55.0. The Morgan fingerprint density at radius 1 is 0.157 bits per heavy atom. The van der Waals surface area contributed by atoms with E-state index in [0.29, 0.717) is 34.9 Å². The Balaban J connectivity index is 0.000000145. The molecule has 476 valence electrons. The molecule has 8 heteroatoms. The van der Waals surface area contributed by atoms with Crippen molar-refractivity contribution in [3.05, 3.63) is 352 Å². The van der Waals surface area contributed by atoms with E-state index < -0.39 is 0 Å². The van der Waals surface area contributed by atoms with Crippen LogP contribution in [0.3, 0.4) is 0 Å². The van der Waals surface area contributed by atoms with E-state index in [4.69, 9.17) is 38.7 Å². The molecule has 0 radical (unpaired) electrons. The van der Waals surface area contributed by atoms with Gasteiger partial charge in [0.25, 0.3) is 0 Å². The summed E-state index contributed by atoms with van der Waals surface area (Å²) < 4.78 is 12.7. The summed E-state index contributed by atoms with van der Waals surface area (Å²) >= 11 is 0. The van der Waals surface area contributed by atoms with Crippen molar-refractivity contribution in [2.24, 2.45) is 0 Å².